The molecule has 1 aromatic heterocycles. The van der Waals surface area contributed by atoms with Crippen molar-refractivity contribution in [3.05, 3.63) is 11.8 Å². The Balaban J connectivity index is 2.07. The Labute approximate surface area is 88.5 Å². The fraction of sp³-hybridized carbons (Fsp3) is 0.700. The molecule has 0 bridgehead atoms. The van der Waals surface area contributed by atoms with Crippen LogP contribution in [0.5, 0.6) is 0 Å². The number of carbonyl (C=O) groups is 1. The second-order valence-corrected chi connectivity index (χ2v) is 4.12. The normalized spacial score (nSPS) is 21.7. The lowest BCUT2D eigenvalue weighted by Gasteiger charge is -2.29. The summed E-state index contributed by atoms with van der Waals surface area (Å²) in [7, 11) is 0. The second-order valence-electron chi connectivity index (χ2n) is 4.12. The highest BCUT2D eigenvalue weighted by molar-refractivity contribution is 5.89. The molecular weight excluding hydrogens is 194 g/mol. The predicted octanol–water partition coefficient (Wildman–Crippen LogP) is 1.25. The van der Waals surface area contributed by atoms with Crippen LogP contribution in [0.4, 0.5) is 0 Å². The second kappa shape index (κ2) is 4.00. The third-order valence-corrected chi connectivity index (χ3v) is 2.65. The van der Waals surface area contributed by atoms with E-state index >= 15 is 0 Å². The van der Waals surface area contributed by atoms with Gasteiger partial charge in [0.1, 0.15) is 0 Å². The van der Waals surface area contributed by atoms with Gasteiger partial charge in [-0.2, -0.15) is 0 Å². The topological polar surface area (TPSA) is 59.2 Å². The molecule has 0 N–H and O–H groups in total. The average molecular weight is 209 g/mol. The van der Waals surface area contributed by atoms with Crippen LogP contribution in [0.2, 0.25) is 0 Å². The van der Waals surface area contributed by atoms with Crippen molar-refractivity contribution in [3.63, 3.8) is 0 Å². The number of amides is 1. The molecule has 82 valence electrons. The van der Waals surface area contributed by atoms with E-state index in [0.717, 1.165) is 19.5 Å². The molecule has 1 aliphatic rings. The van der Waals surface area contributed by atoms with Gasteiger partial charge < -0.3 is 9.32 Å². The number of aryl methyl sites for hydroxylation is 1. The van der Waals surface area contributed by atoms with E-state index in [2.05, 4.69) is 17.1 Å². The van der Waals surface area contributed by atoms with Crippen molar-refractivity contribution in [3.8, 4) is 0 Å². The van der Waals surface area contributed by atoms with Gasteiger partial charge in [0.15, 0.2) is 0 Å². The summed E-state index contributed by atoms with van der Waals surface area (Å²) in [5.74, 6) is 0.971. The summed E-state index contributed by atoms with van der Waals surface area (Å²) in [6.07, 6.45) is 2.24. The summed E-state index contributed by atoms with van der Waals surface area (Å²) in [6, 6.07) is 0. The largest absolute Gasteiger partial charge is 0.417 e. The first kappa shape index (κ1) is 10.1. The molecular formula is C10H15N3O2. The van der Waals surface area contributed by atoms with Gasteiger partial charge in [-0.05, 0) is 18.8 Å². The molecule has 0 aromatic carbocycles. The molecule has 2 rings (SSSR count). The number of aromatic nitrogens is 2. The van der Waals surface area contributed by atoms with E-state index in [0.29, 0.717) is 11.8 Å². The third kappa shape index (κ3) is 2.16. The number of hydrogen-bond donors (Lipinski definition) is 0. The first-order chi connectivity index (χ1) is 7.16. The van der Waals surface area contributed by atoms with E-state index in [9.17, 15) is 4.79 Å². The molecule has 1 aliphatic heterocycles. The van der Waals surface area contributed by atoms with E-state index in [1.54, 1.807) is 11.8 Å². The van der Waals surface area contributed by atoms with E-state index < -0.39 is 0 Å². The van der Waals surface area contributed by atoms with Crippen LogP contribution in [-0.2, 0) is 0 Å². The zero-order chi connectivity index (χ0) is 10.8. The number of hydrogen-bond acceptors (Lipinski definition) is 4. The van der Waals surface area contributed by atoms with Gasteiger partial charge in [-0.15, -0.1) is 10.2 Å². The minimum Gasteiger partial charge on any atom is -0.417 e. The van der Waals surface area contributed by atoms with E-state index in [4.69, 9.17) is 4.42 Å². The van der Waals surface area contributed by atoms with E-state index in [-0.39, 0.29) is 11.8 Å². The van der Waals surface area contributed by atoms with Crippen LogP contribution in [0.1, 0.15) is 36.3 Å². The van der Waals surface area contributed by atoms with Gasteiger partial charge in [0, 0.05) is 20.0 Å². The van der Waals surface area contributed by atoms with Crippen LogP contribution in [0.25, 0.3) is 0 Å². The molecule has 1 atom stereocenters. The number of carbonyl (C=O) groups excluding carboxylic acids is 1. The highest BCUT2D eigenvalue weighted by atomic mass is 16.4. The average Bonchev–Trinajstić information content (AvgIpc) is 2.64. The van der Waals surface area contributed by atoms with Crippen LogP contribution >= 0.6 is 0 Å². The summed E-state index contributed by atoms with van der Waals surface area (Å²) < 4.78 is 5.12. The Morgan fingerprint density at radius 2 is 2.33 bits per heavy atom. The minimum atomic E-state index is -0.137. The molecule has 1 aromatic rings. The summed E-state index contributed by atoms with van der Waals surface area (Å²) in [4.78, 5) is 13.7. The molecule has 2 heterocycles. The molecule has 0 spiro atoms. The van der Waals surface area contributed by atoms with Gasteiger partial charge >= 0.3 is 11.8 Å². The third-order valence-electron chi connectivity index (χ3n) is 2.65. The maximum Gasteiger partial charge on any atom is 0.311 e. The van der Waals surface area contributed by atoms with E-state index in [1.165, 1.54) is 6.42 Å². The highest BCUT2D eigenvalue weighted by Crippen LogP contribution is 2.17. The van der Waals surface area contributed by atoms with Gasteiger partial charge in [0.2, 0.25) is 5.89 Å². The molecule has 0 radical (unpaired) electrons. The first-order valence-corrected chi connectivity index (χ1v) is 5.26. The van der Waals surface area contributed by atoms with E-state index in [1.807, 2.05) is 0 Å². The quantitative estimate of drug-likeness (QED) is 0.698. The Morgan fingerprint density at radius 1 is 1.53 bits per heavy atom. The first-order valence-electron chi connectivity index (χ1n) is 5.26. The Bertz CT molecular complexity index is 361. The van der Waals surface area contributed by atoms with Crippen LogP contribution in [-0.4, -0.2) is 34.1 Å². The zero-order valence-electron chi connectivity index (χ0n) is 9.06. The van der Waals surface area contributed by atoms with Crippen LogP contribution in [0, 0.1) is 12.8 Å². The molecule has 1 saturated heterocycles. The highest BCUT2D eigenvalue weighted by Gasteiger charge is 2.25. The molecule has 1 unspecified atom stereocenters. The molecule has 1 amide bonds. The van der Waals surface area contributed by atoms with Crippen molar-refractivity contribution in [1.29, 1.82) is 0 Å². The smallest absolute Gasteiger partial charge is 0.311 e. The number of piperidine rings is 1. The summed E-state index contributed by atoms with van der Waals surface area (Å²) in [5, 5.41) is 7.40. The molecule has 15 heavy (non-hydrogen) atoms. The van der Waals surface area contributed by atoms with Crippen molar-refractivity contribution < 1.29 is 9.21 Å². The monoisotopic (exact) mass is 209 g/mol. The fourth-order valence-electron chi connectivity index (χ4n) is 1.89. The summed E-state index contributed by atoms with van der Waals surface area (Å²) in [5.41, 5.74) is 0. The Kier molecular flexibility index (Phi) is 2.70. The van der Waals surface area contributed by atoms with Crippen molar-refractivity contribution in [2.24, 2.45) is 5.92 Å². The lowest BCUT2D eigenvalue weighted by Crippen LogP contribution is -2.39. The molecule has 5 nitrogen and oxygen atoms in total. The predicted molar refractivity (Wildman–Crippen MR) is 53.3 cm³/mol. The summed E-state index contributed by atoms with van der Waals surface area (Å²) >= 11 is 0. The van der Waals surface area contributed by atoms with Crippen LogP contribution < -0.4 is 0 Å². The van der Waals surface area contributed by atoms with Crippen molar-refractivity contribution >= 4 is 5.91 Å². The van der Waals surface area contributed by atoms with Gasteiger partial charge in [0.05, 0.1) is 0 Å². The van der Waals surface area contributed by atoms with Crippen molar-refractivity contribution in [2.45, 2.75) is 26.7 Å². The van der Waals surface area contributed by atoms with Gasteiger partial charge in [0.25, 0.3) is 0 Å². The molecule has 1 fully saturated rings. The standard InChI is InChI=1S/C10H15N3O2/c1-7-4-3-5-13(6-7)10(14)9-12-11-8(2)15-9/h7H,3-6H2,1-2H3. The van der Waals surface area contributed by atoms with Crippen molar-refractivity contribution in [1.82, 2.24) is 15.1 Å². The van der Waals surface area contributed by atoms with Crippen molar-refractivity contribution in [2.75, 3.05) is 13.1 Å². The van der Waals surface area contributed by atoms with Crippen LogP contribution in [0.15, 0.2) is 4.42 Å². The number of likely N-dealkylation sites (tertiary alicyclic amines) is 1. The summed E-state index contributed by atoms with van der Waals surface area (Å²) in [6.45, 7) is 5.42. The van der Waals surface area contributed by atoms with Gasteiger partial charge in [-0.3, -0.25) is 4.79 Å². The fourth-order valence-corrected chi connectivity index (χ4v) is 1.89. The lowest BCUT2D eigenvalue weighted by atomic mass is 10.0. The molecule has 0 aliphatic carbocycles. The maximum atomic E-state index is 11.9. The Morgan fingerprint density at radius 3 is 2.93 bits per heavy atom. The zero-order valence-corrected chi connectivity index (χ0v) is 9.06. The molecule has 5 heteroatoms. The van der Waals surface area contributed by atoms with Crippen LogP contribution in [0.3, 0.4) is 0 Å². The van der Waals surface area contributed by atoms with Gasteiger partial charge in [-0.25, -0.2) is 0 Å². The lowest BCUT2D eigenvalue weighted by molar-refractivity contribution is 0.0641. The number of nitrogens with zero attached hydrogens (tertiary/aromatic N) is 3. The Hall–Kier alpha value is -1.39. The minimum absolute atomic E-state index is 0.113. The van der Waals surface area contributed by atoms with Gasteiger partial charge in [-0.1, -0.05) is 6.92 Å². The molecule has 0 saturated carbocycles. The maximum absolute atomic E-state index is 11.9. The number of rotatable bonds is 1. The SMILES string of the molecule is Cc1nnc(C(=O)N2CCCC(C)C2)o1.